The standard InChI is InChI=1S/C8H9NOS/c1-2-4-8(5-3-1)9-10-6-7-11-9/h1-5H,6-7H2. The summed E-state index contributed by atoms with van der Waals surface area (Å²) >= 11 is 1.71. The van der Waals surface area contributed by atoms with Crippen LogP contribution in [-0.2, 0) is 4.84 Å². The van der Waals surface area contributed by atoms with E-state index in [-0.39, 0.29) is 0 Å². The highest BCUT2D eigenvalue weighted by Gasteiger charge is 2.13. The van der Waals surface area contributed by atoms with Crippen LogP contribution >= 0.6 is 11.9 Å². The first-order chi connectivity index (χ1) is 5.47. The lowest BCUT2D eigenvalue weighted by Gasteiger charge is -2.12. The average Bonchev–Trinajstić information content (AvgIpc) is 2.58. The third-order valence-corrected chi connectivity index (χ3v) is 2.37. The SMILES string of the molecule is c1ccc(N2OCCS2)cc1. The average molecular weight is 167 g/mol. The highest BCUT2D eigenvalue weighted by molar-refractivity contribution is 8.00. The van der Waals surface area contributed by atoms with Gasteiger partial charge in [0.15, 0.2) is 0 Å². The molecule has 0 aromatic heterocycles. The minimum atomic E-state index is 0.819. The molecule has 0 N–H and O–H groups in total. The van der Waals surface area contributed by atoms with Gasteiger partial charge in [0, 0.05) is 5.75 Å². The molecule has 1 fully saturated rings. The van der Waals surface area contributed by atoms with Gasteiger partial charge in [-0.1, -0.05) is 18.2 Å². The molecular formula is C8H9NOS. The van der Waals surface area contributed by atoms with Gasteiger partial charge in [-0.25, -0.2) is 0 Å². The molecule has 1 aromatic carbocycles. The molecule has 2 nitrogen and oxygen atoms in total. The van der Waals surface area contributed by atoms with E-state index in [2.05, 4.69) is 0 Å². The van der Waals surface area contributed by atoms with Crippen molar-refractivity contribution in [2.24, 2.45) is 0 Å². The summed E-state index contributed by atoms with van der Waals surface area (Å²) in [7, 11) is 0. The van der Waals surface area contributed by atoms with Gasteiger partial charge in [0.2, 0.25) is 0 Å². The fourth-order valence-electron chi connectivity index (χ4n) is 0.976. The first kappa shape index (κ1) is 7.00. The molecule has 1 saturated heterocycles. The minimum absolute atomic E-state index is 0.819. The van der Waals surface area contributed by atoms with Crippen LogP contribution in [0.3, 0.4) is 0 Å². The van der Waals surface area contributed by atoms with Gasteiger partial charge in [0.25, 0.3) is 0 Å². The molecule has 0 spiro atoms. The van der Waals surface area contributed by atoms with E-state index >= 15 is 0 Å². The summed E-state index contributed by atoms with van der Waals surface area (Å²) in [5.41, 5.74) is 1.12. The van der Waals surface area contributed by atoms with E-state index in [0.29, 0.717) is 0 Å². The van der Waals surface area contributed by atoms with Crippen LogP contribution < -0.4 is 4.47 Å². The van der Waals surface area contributed by atoms with Gasteiger partial charge in [0.05, 0.1) is 12.3 Å². The van der Waals surface area contributed by atoms with E-state index in [1.54, 1.807) is 11.9 Å². The maximum atomic E-state index is 5.34. The normalized spacial score (nSPS) is 17.3. The van der Waals surface area contributed by atoms with Gasteiger partial charge in [-0.2, -0.15) is 4.47 Å². The van der Waals surface area contributed by atoms with Crippen LogP contribution in [0, 0.1) is 0 Å². The Balaban J connectivity index is 2.16. The van der Waals surface area contributed by atoms with Crippen LogP contribution in [0.4, 0.5) is 5.69 Å². The van der Waals surface area contributed by atoms with Gasteiger partial charge in [-0.3, -0.25) is 4.84 Å². The Kier molecular flexibility index (Phi) is 2.01. The second kappa shape index (κ2) is 3.15. The molecule has 0 aliphatic carbocycles. The van der Waals surface area contributed by atoms with Crippen LogP contribution in [0.25, 0.3) is 0 Å². The number of anilines is 1. The molecule has 0 radical (unpaired) electrons. The van der Waals surface area contributed by atoms with Crippen molar-refractivity contribution in [2.45, 2.75) is 0 Å². The van der Waals surface area contributed by atoms with Crippen molar-refractivity contribution in [3.05, 3.63) is 30.3 Å². The Morgan fingerprint density at radius 3 is 2.73 bits per heavy atom. The maximum Gasteiger partial charge on any atom is 0.0868 e. The fourth-order valence-corrected chi connectivity index (χ4v) is 1.71. The number of hydrogen-bond donors (Lipinski definition) is 0. The molecule has 0 unspecified atom stereocenters. The summed E-state index contributed by atoms with van der Waals surface area (Å²) in [5, 5.41) is 0. The number of rotatable bonds is 1. The van der Waals surface area contributed by atoms with Crippen LogP contribution in [0.1, 0.15) is 0 Å². The zero-order valence-electron chi connectivity index (χ0n) is 6.06. The topological polar surface area (TPSA) is 12.5 Å². The highest BCUT2D eigenvalue weighted by Crippen LogP contribution is 2.26. The Morgan fingerprint density at radius 2 is 2.09 bits per heavy atom. The van der Waals surface area contributed by atoms with E-state index < -0.39 is 0 Å². The van der Waals surface area contributed by atoms with E-state index in [1.165, 1.54) is 0 Å². The summed E-state index contributed by atoms with van der Waals surface area (Å²) in [6.45, 7) is 0.819. The molecule has 3 heteroatoms. The molecule has 0 amide bonds. The van der Waals surface area contributed by atoms with E-state index in [4.69, 9.17) is 4.84 Å². The van der Waals surface area contributed by atoms with Crippen molar-refractivity contribution in [3.8, 4) is 0 Å². The number of benzene rings is 1. The summed E-state index contributed by atoms with van der Waals surface area (Å²) in [5.74, 6) is 1.05. The molecule has 0 atom stereocenters. The Bertz CT molecular complexity index is 221. The van der Waals surface area contributed by atoms with Crippen LogP contribution in [0.5, 0.6) is 0 Å². The smallest absolute Gasteiger partial charge is 0.0868 e. The quantitative estimate of drug-likeness (QED) is 0.594. The van der Waals surface area contributed by atoms with Crippen LogP contribution in [0.15, 0.2) is 30.3 Å². The molecule has 1 aliphatic rings. The predicted octanol–water partition coefficient (Wildman–Crippen LogP) is 2.09. The van der Waals surface area contributed by atoms with Gasteiger partial charge in [0.1, 0.15) is 0 Å². The lowest BCUT2D eigenvalue weighted by molar-refractivity contribution is 0.189. The van der Waals surface area contributed by atoms with Crippen molar-refractivity contribution in [1.82, 2.24) is 0 Å². The third-order valence-electron chi connectivity index (χ3n) is 1.47. The first-order valence-corrected chi connectivity index (χ1v) is 4.52. The molecule has 58 valence electrons. The van der Waals surface area contributed by atoms with Crippen molar-refractivity contribution >= 4 is 17.6 Å². The molecule has 1 aliphatic heterocycles. The van der Waals surface area contributed by atoms with E-state index in [9.17, 15) is 0 Å². The van der Waals surface area contributed by atoms with Gasteiger partial charge >= 0.3 is 0 Å². The Hall–Kier alpha value is -0.670. The third kappa shape index (κ3) is 1.49. The number of para-hydroxylation sites is 1. The lowest BCUT2D eigenvalue weighted by Crippen LogP contribution is -2.06. The summed E-state index contributed by atoms with van der Waals surface area (Å²) < 4.78 is 1.86. The minimum Gasteiger partial charge on any atom is -0.262 e. The molecule has 1 heterocycles. The van der Waals surface area contributed by atoms with Crippen LogP contribution in [0.2, 0.25) is 0 Å². The molecule has 1 aromatic rings. The number of nitrogens with zero attached hydrogens (tertiary/aromatic N) is 1. The maximum absolute atomic E-state index is 5.34. The highest BCUT2D eigenvalue weighted by atomic mass is 32.2. The predicted molar refractivity (Wildman–Crippen MR) is 47.3 cm³/mol. The largest absolute Gasteiger partial charge is 0.262 e. The monoisotopic (exact) mass is 167 g/mol. The second-order valence-electron chi connectivity index (χ2n) is 2.26. The van der Waals surface area contributed by atoms with Crippen LogP contribution in [-0.4, -0.2) is 12.4 Å². The zero-order valence-corrected chi connectivity index (χ0v) is 6.88. The fraction of sp³-hybridized carbons (Fsp3) is 0.250. The van der Waals surface area contributed by atoms with Gasteiger partial charge in [-0.15, -0.1) is 0 Å². The Labute approximate surface area is 70.2 Å². The number of hydrogen-bond acceptors (Lipinski definition) is 3. The summed E-state index contributed by atoms with van der Waals surface area (Å²) in [6.07, 6.45) is 0. The first-order valence-electron chi connectivity index (χ1n) is 3.58. The van der Waals surface area contributed by atoms with Crippen molar-refractivity contribution in [2.75, 3.05) is 16.8 Å². The van der Waals surface area contributed by atoms with Gasteiger partial charge in [-0.05, 0) is 24.1 Å². The molecule has 11 heavy (non-hydrogen) atoms. The van der Waals surface area contributed by atoms with Gasteiger partial charge < -0.3 is 0 Å². The van der Waals surface area contributed by atoms with E-state index in [0.717, 1.165) is 18.0 Å². The van der Waals surface area contributed by atoms with Crippen molar-refractivity contribution < 1.29 is 4.84 Å². The summed E-state index contributed by atoms with van der Waals surface area (Å²) in [6, 6.07) is 10.1. The van der Waals surface area contributed by atoms with Crippen molar-refractivity contribution in [1.29, 1.82) is 0 Å². The summed E-state index contributed by atoms with van der Waals surface area (Å²) in [4.78, 5) is 5.34. The Morgan fingerprint density at radius 1 is 1.27 bits per heavy atom. The molecule has 0 bridgehead atoms. The zero-order chi connectivity index (χ0) is 7.52. The van der Waals surface area contributed by atoms with Crippen molar-refractivity contribution in [3.63, 3.8) is 0 Å². The molecule has 2 rings (SSSR count). The molecule has 0 saturated carbocycles. The molecular weight excluding hydrogens is 158 g/mol. The second-order valence-corrected chi connectivity index (χ2v) is 3.26. The lowest BCUT2D eigenvalue weighted by atomic mass is 10.3. The van der Waals surface area contributed by atoms with E-state index in [1.807, 2.05) is 34.8 Å².